The second-order valence-electron chi connectivity index (χ2n) is 9.81. The third kappa shape index (κ3) is 7.97. The summed E-state index contributed by atoms with van der Waals surface area (Å²) in [6.45, 7) is 3.75. The van der Waals surface area contributed by atoms with Crippen LogP contribution in [0.4, 0.5) is 11.4 Å². The van der Waals surface area contributed by atoms with Crippen LogP contribution in [0.5, 0.6) is 5.75 Å². The van der Waals surface area contributed by atoms with Gasteiger partial charge in [-0.15, -0.1) is 11.3 Å². The summed E-state index contributed by atoms with van der Waals surface area (Å²) in [7, 11) is -1.82. The number of aliphatic hydroxyl groups excluding tert-OH is 1. The summed E-state index contributed by atoms with van der Waals surface area (Å²) in [6.07, 6.45) is 0.999. The highest BCUT2D eigenvalue weighted by molar-refractivity contribution is 7.92. The zero-order valence-electron chi connectivity index (χ0n) is 22.9. The maximum absolute atomic E-state index is 13.6. The second-order valence-corrected chi connectivity index (χ2v) is 12.9. The van der Waals surface area contributed by atoms with Crippen LogP contribution in [0.25, 0.3) is 0 Å². The van der Waals surface area contributed by atoms with Crippen molar-refractivity contribution in [1.82, 2.24) is 10.6 Å². The quantitative estimate of drug-likeness (QED) is 0.242. The average molecular weight is 587 g/mol. The molecule has 4 N–H and O–H groups in total. The lowest BCUT2D eigenvalue weighted by atomic mass is 10.0. The molecule has 0 aliphatic carbocycles. The lowest BCUT2D eigenvalue weighted by Gasteiger charge is -2.29. The van der Waals surface area contributed by atoms with Gasteiger partial charge in [0, 0.05) is 48.7 Å². The lowest BCUT2D eigenvalue weighted by Crippen LogP contribution is -2.48. The van der Waals surface area contributed by atoms with Gasteiger partial charge >= 0.3 is 0 Å². The number of aliphatic hydroxyl groups is 1. The largest absolute Gasteiger partial charge is 0.497 e. The summed E-state index contributed by atoms with van der Waals surface area (Å²) in [5.41, 5.74) is 2.49. The number of rotatable bonds is 13. The topological polar surface area (TPSA) is 120 Å². The molecule has 1 saturated heterocycles. The minimum Gasteiger partial charge on any atom is -0.497 e. The van der Waals surface area contributed by atoms with E-state index in [1.54, 1.807) is 36.6 Å². The highest BCUT2D eigenvalue weighted by Gasteiger charge is 2.28. The summed E-state index contributed by atoms with van der Waals surface area (Å²) in [5.74, 6) is 0.487. The molecule has 1 fully saturated rings. The number of ether oxygens (including phenoxy) is 1. The fourth-order valence-corrected chi connectivity index (χ4v) is 7.13. The Bertz CT molecular complexity index is 1360. The number of carbonyl (C=O) groups excluding carboxylic acids is 1. The van der Waals surface area contributed by atoms with Crippen LogP contribution in [-0.4, -0.2) is 64.1 Å². The smallest absolute Gasteiger partial charge is 0.251 e. The Labute approximate surface area is 240 Å². The molecule has 2 atom stereocenters. The molecular formula is C29H38N4O5S2. The van der Waals surface area contributed by atoms with Crippen molar-refractivity contribution in [3.05, 3.63) is 76.0 Å². The van der Waals surface area contributed by atoms with E-state index in [0.717, 1.165) is 22.6 Å². The normalized spacial score (nSPS) is 16.2. The van der Waals surface area contributed by atoms with Crippen LogP contribution < -0.4 is 25.0 Å². The van der Waals surface area contributed by atoms with Gasteiger partial charge in [0.25, 0.3) is 5.91 Å². The van der Waals surface area contributed by atoms with Crippen LogP contribution in [0.1, 0.15) is 40.6 Å². The van der Waals surface area contributed by atoms with Gasteiger partial charge < -0.3 is 25.8 Å². The van der Waals surface area contributed by atoms with Gasteiger partial charge in [0.2, 0.25) is 10.0 Å². The summed E-state index contributed by atoms with van der Waals surface area (Å²) < 4.78 is 32.2. The van der Waals surface area contributed by atoms with Gasteiger partial charge in [-0.1, -0.05) is 18.2 Å². The predicted octanol–water partition coefficient (Wildman–Crippen LogP) is 3.61. The molecule has 1 aliphatic rings. The van der Waals surface area contributed by atoms with E-state index in [1.807, 2.05) is 48.7 Å². The SMILES string of the molecule is CCNc1cc(C(=O)N[C@@H](Cc2cccs2)[C@H](O)CNCc2cccc(OC)c2)cc(N2CCCCS2(=O)=O)c1. The first-order valence-corrected chi connectivity index (χ1v) is 16.0. The molecule has 1 aliphatic heterocycles. The van der Waals surface area contributed by atoms with Crippen molar-refractivity contribution in [2.45, 2.75) is 44.9 Å². The maximum atomic E-state index is 13.6. The van der Waals surface area contributed by atoms with Crippen molar-refractivity contribution in [2.24, 2.45) is 0 Å². The molecule has 4 rings (SSSR count). The van der Waals surface area contributed by atoms with E-state index in [9.17, 15) is 18.3 Å². The third-order valence-electron chi connectivity index (χ3n) is 6.80. The van der Waals surface area contributed by atoms with Crippen LogP contribution in [0.15, 0.2) is 60.0 Å². The molecule has 11 heteroatoms. The van der Waals surface area contributed by atoms with Crippen molar-refractivity contribution >= 4 is 38.6 Å². The van der Waals surface area contributed by atoms with Crippen LogP contribution in [-0.2, 0) is 23.0 Å². The van der Waals surface area contributed by atoms with Crippen molar-refractivity contribution in [3.63, 3.8) is 0 Å². The number of hydrogen-bond acceptors (Lipinski definition) is 8. The summed E-state index contributed by atoms with van der Waals surface area (Å²) in [6, 6.07) is 16.2. The van der Waals surface area contributed by atoms with Gasteiger partial charge in [-0.2, -0.15) is 0 Å². The molecule has 2 heterocycles. The zero-order chi connectivity index (χ0) is 28.5. The molecule has 1 aromatic heterocycles. The molecule has 0 radical (unpaired) electrons. The van der Waals surface area contributed by atoms with Crippen LogP contribution in [0.2, 0.25) is 0 Å². The Morgan fingerprint density at radius 2 is 2.00 bits per heavy atom. The lowest BCUT2D eigenvalue weighted by molar-refractivity contribution is 0.0831. The highest BCUT2D eigenvalue weighted by atomic mass is 32.2. The van der Waals surface area contributed by atoms with Crippen LogP contribution in [0, 0.1) is 0 Å². The van der Waals surface area contributed by atoms with E-state index in [0.29, 0.717) is 49.4 Å². The molecule has 1 amide bonds. The number of hydrogen-bond donors (Lipinski definition) is 4. The van der Waals surface area contributed by atoms with Gasteiger partial charge in [0.15, 0.2) is 0 Å². The van der Waals surface area contributed by atoms with Crippen molar-refractivity contribution in [3.8, 4) is 5.75 Å². The second kappa shape index (κ2) is 14.0. The first kappa shape index (κ1) is 29.9. The standard InChI is InChI=1S/C29H38N4O5S2/c1-3-31-23-15-22(16-24(17-23)33-11-4-5-13-40(33,36)37)29(35)32-27(18-26-10-7-12-39-26)28(34)20-30-19-21-8-6-9-25(14-21)38-2/h6-10,12,14-17,27-28,30-31,34H,3-5,11,13,18-20H2,1-2H3,(H,32,35)/t27-,28+/m0/s1. The number of nitrogens with zero attached hydrogens (tertiary/aromatic N) is 1. The third-order valence-corrected chi connectivity index (χ3v) is 9.57. The minimum absolute atomic E-state index is 0.0950. The fourth-order valence-electron chi connectivity index (χ4n) is 4.74. The van der Waals surface area contributed by atoms with Gasteiger partial charge in [-0.05, 0) is 67.1 Å². The molecule has 3 aromatic rings. The Hall–Kier alpha value is -3.12. The molecule has 0 spiro atoms. The van der Waals surface area contributed by atoms with Crippen molar-refractivity contribution in [1.29, 1.82) is 0 Å². The molecule has 0 unspecified atom stereocenters. The first-order valence-electron chi connectivity index (χ1n) is 13.5. The van der Waals surface area contributed by atoms with E-state index in [4.69, 9.17) is 4.74 Å². The molecule has 0 saturated carbocycles. The predicted molar refractivity (Wildman–Crippen MR) is 161 cm³/mol. The molecule has 9 nitrogen and oxygen atoms in total. The summed E-state index contributed by atoms with van der Waals surface area (Å²) in [5, 5.41) is 22.6. The number of sulfonamides is 1. The van der Waals surface area contributed by atoms with Crippen molar-refractivity contribution < 1.29 is 23.1 Å². The Kier molecular flexibility index (Phi) is 10.4. The molecule has 216 valence electrons. The Balaban J connectivity index is 1.51. The first-order chi connectivity index (χ1) is 19.3. The number of carbonyl (C=O) groups is 1. The fraction of sp³-hybridized carbons (Fsp3) is 0.414. The monoisotopic (exact) mass is 586 g/mol. The summed E-state index contributed by atoms with van der Waals surface area (Å²) in [4.78, 5) is 14.6. The van der Waals surface area contributed by atoms with E-state index < -0.39 is 22.2 Å². The highest BCUT2D eigenvalue weighted by Crippen LogP contribution is 2.28. The van der Waals surface area contributed by atoms with E-state index in [2.05, 4.69) is 16.0 Å². The number of thiophene rings is 1. The minimum atomic E-state index is -3.44. The molecule has 0 bridgehead atoms. The molecular weight excluding hydrogens is 548 g/mol. The number of amides is 1. The summed E-state index contributed by atoms with van der Waals surface area (Å²) >= 11 is 1.57. The zero-order valence-corrected chi connectivity index (χ0v) is 24.6. The van der Waals surface area contributed by atoms with E-state index >= 15 is 0 Å². The maximum Gasteiger partial charge on any atom is 0.251 e. The van der Waals surface area contributed by atoms with Crippen LogP contribution >= 0.6 is 11.3 Å². The van der Waals surface area contributed by atoms with E-state index in [1.165, 1.54) is 4.31 Å². The van der Waals surface area contributed by atoms with Gasteiger partial charge in [0.1, 0.15) is 5.75 Å². The van der Waals surface area contributed by atoms with Gasteiger partial charge in [0.05, 0.1) is 30.7 Å². The van der Waals surface area contributed by atoms with Gasteiger partial charge in [-0.3, -0.25) is 9.10 Å². The number of benzene rings is 2. The Morgan fingerprint density at radius 3 is 2.73 bits per heavy atom. The number of anilines is 2. The number of nitrogens with one attached hydrogen (secondary N) is 3. The van der Waals surface area contributed by atoms with Crippen LogP contribution in [0.3, 0.4) is 0 Å². The average Bonchev–Trinajstić information content (AvgIpc) is 3.45. The molecule has 2 aromatic carbocycles. The van der Waals surface area contributed by atoms with Crippen molar-refractivity contribution in [2.75, 3.05) is 42.1 Å². The van der Waals surface area contributed by atoms with Gasteiger partial charge in [-0.25, -0.2) is 8.42 Å². The molecule has 40 heavy (non-hydrogen) atoms. The Morgan fingerprint density at radius 1 is 1.15 bits per heavy atom. The number of methoxy groups -OCH3 is 1. The van der Waals surface area contributed by atoms with E-state index in [-0.39, 0.29) is 18.2 Å².